The van der Waals surface area contributed by atoms with Gasteiger partial charge in [-0.1, -0.05) is 0 Å². The minimum atomic E-state index is -4.59. The number of H-pyrrole nitrogens is 1. The summed E-state index contributed by atoms with van der Waals surface area (Å²) < 4.78 is 36.7. The number of alkyl halides is 3. The van der Waals surface area contributed by atoms with Gasteiger partial charge in [-0.05, 0) is 0 Å². The number of rotatable bonds is 2. The molecule has 78 valence electrons. The Bertz CT molecular complexity index is 345. The van der Waals surface area contributed by atoms with E-state index in [1.165, 1.54) is 0 Å². The van der Waals surface area contributed by atoms with Crippen LogP contribution in [0.25, 0.3) is 0 Å². The van der Waals surface area contributed by atoms with Crippen molar-refractivity contribution in [3.63, 3.8) is 0 Å². The lowest BCUT2D eigenvalue weighted by Gasteiger charge is -2.10. The SMILES string of the molecule is NC(C(=O)O)c1c[nH]cc1C(F)(F)F. The van der Waals surface area contributed by atoms with Crippen molar-refractivity contribution in [2.45, 2.75) is 12.2 Å². The highest BCUT2D eigenvalue weighted by Gasteiger charge is 2.36. The molecule has 0 saturated heterocycles. The number of nitrogens with one attached hydrogen (secondary N) is 1. The molecular weight excluding hydrogens is 201 g/mol. The van der Waals surface area contributed by atoms with E-state index in [-0.39, 0.29) is 0 Å². The standard InChI is InChI=1S/C7H7F3N2O2/c8-7(9,10)4-2-12-1-3(4)5(11)6(13)14/h1-2,5,12H,11H2,(H,13,14). The number of hydrogen-bond acceptors (Lipinski definition) is 2. The molecule has 0 radical (unpaired) electrons. The summed E-state index contributed by atoms with van der Waals surface area (Å²) in [5, 5.41) is 8.44. The fraction of sp³-hybridized carbons (Fsp3) is 0.286. The molecular formula is C7H7F3N2O2. The third-order valence-corrected chi connectivity index (χ3v) is 1.68. The van der Waals surface area contributed by atoms with Gasteiger partial charge in [-0.3, -0.25) is 4.79 Å². The molecule has 1 heterocycles. The molecule has 14 heavy (non-hydrogen) atoms. The zero-order valence-electron chi connectivity index (χ0n) is 6.80. The highest BCUT2D eigenvalue weighted by atomic mass is 19.4. The molecule has 4 nitrogen and oxygen atoms in total. The van der Waals surface area contributed by atoms with Crippen molar-refractivity contribution in [1.82, 2.24) is 4.98 Å². The molecule has 0 fully saturated rings. The van der Waals surface area contributed by atoms with Crippen LogP contribution in [0.2, 0.25) is 0 Å². The van der Waals surface area contributed by atoms with Crippen LogP contribution in [0.4, 0.5) is 13.2 Å². The van der Waals surface area contributed by atoms with Gasteiger partial charge in [0.1, 0.15) is 6.04 Å². The summed E-state index contributed by atoms with van der Waals surface area (Å²) in [6.45, 7) is 0. The predicted octanol–water partition coefficient (Wildman–Crippen LogP) is 1.12. The van der Waals surface area contributed by atoms with E-state index >= 15 is 0 Å². The van der Waals surface area contributed by atoms with Crippen LogP contribution in [-0.2, 0) is 11.0 Å². The van der Waals surface area contributed by atoms with Gasteiger partial charge in [0.25, 0.3) is 0 Å². The van der Waals surface area contributed by atoms with E-state index in [9.17, 15) is 18.0 Å². The van der Waals surface area contributed by atoms with Gasteiger partial charge in [-0.25, -0.2) is 0 Å². The van der Waals surface area contributed by atoms with E-state index < -0.39 is 29.3 Å². The third kappa shape index (κ3) is 1.87. The molecule has 1 aromatic rings. The van der Waals surface area contributed by atoms with Gasteiger partial charge < -0.3 is 15.8 Å². The van der Waals surface area contributed by atoms with Crippen LogP contribution in [0.15, 0.2) is 12.4 Å². The zero-order valence-corrected chi connectivity index (χ0v) is 6.80. The minimum absolute atomic E-state index is 0.468. The van der Waals surface area contributed by atoms with E-state index in [0.29, 0.717) is 6.20 Å². The molecule has 1 atom stereocenters. The number of hydrogen-bond donors (Lipinski definition) is 3. The quantitative estimate of drug-likeness (QED) is 0.681. The summed E-state index contributed by atoms with van der Waals surface area (Å²) in [7, 11) is 0. The molecule has 4 N–H and O–H groups in total. The van der Waals surface area contributed by atoms with Crippen molar-refractivity contribution in [1.29, 1.82) is 0 Å². The second-order valence-electron chi connectivity index (χ2n) is 2.64. The van der Waals surface area contributed by atoms with E-state index in [1.54, 1.807) is 0 Å². The summed E-state index contributed by atoms with van der Waals surface area (Å²) in [4.78, 5) is 12.5. The number of nitrogens with two attached hydrogens (primary N) is 1. The average molecular weight is 208 g/mol. The molecule has 1 aromatic heterocycles. The van der Waals surface area contributed by atoms with Gasteiger partial charge in [-0.2, -0.15) is 13.2 Å². The zero-order chi connectivity index (χ0) is 10.9. The van der Waals surface area contributed by atoms with Gasteiger partial charge in [0.05, 0.1) is 5.56 Å². The first-order valence-corrected chi connectivity index (χ1v) is 3.56. The topological polar surface area (TPSA) is 79.1 Å². The summed E-state index contributed by atoms with van der Waals surface area (Å²) in [5.74, 6) is -1.50. The predicted molar refractivity (Wildman–Crippen MR) is 40.4 cm³/mol. The van der Waals surface area contributed by atoms with Crippen molar-refractivity contribution >= 4 is 5.97 Å². The fourth-order valence-corrected chi connectivity index (χ4v) is 1.01. The highest BCUT2D eigenvalue weighted by Crippen LogP contribution is 2.33. The molecule has 0 aliphatic heterocycles. The van der Waals surface area contributed by atoms with Crippen molar-refractivity contribution in [2.75, 3.05) is 0 Å². The number of carboxylic acid groups (broad SMARTS) is 1. The number of aromatic nitrogens is 1. The Kier molecular flexibility index (Phi) is 2.52. The number of aromatic amines is 1. The molecule has 7 heteroatoms. The number of carbonyl (C=O) groups is 1. The number of aliphatic carboxylic acids is 1. The third-order valence-electron chi connectivity index (χ3n) is 1.68. The van der Waals surface area contributed by atoms with E-state index in [4.69, 9.17) is 10.8 Å². The Hall–Kier alpha value is -1.50. The van der Waals surface area contributed by atoms with Gasteiger partial charge in [-0.15, -0.1) is 0 Å². The Balaban J connectivity index is 3.11. The van der Waals surface area contributed by atoms with Crippen LogP contribution < -0.4 is 5.73 Å². The maximum absolute atomic E-state index is 12.2. The molecule has 0 aliphatic rings. The molecule has 0 spiro atoms. The molecule has 0 bridgehead atoms. The highest BCUT2D eigenvalue weighted by molar-refractivity contribution is 5.75. The van der Waals surface area contributed by atoms with Crippen molar-refractivity contribution in [3.8, 4) is 0 Å². The fourth-order valence-electron chi connectivity index (χ4n) is 1.01. The van der Waals surface area contributed by atoms with Gasteiger partial charge in [0.15, 0.2) is 0 Å². The monoisotopic (exact) mass is 208 g/mol. The maximum atomic E-state index is 12.2. The van der Waals surface area contributed by atoms with Crippen LogP contribution >= 0.6 is 0 Å². The van der Waals surface area contributed by atoms with Crippen LogP contribution in [0.5, 0.6) is 0 Å². The molecule has 1 unspecified atom stereocenters. The molecule has 0 amide bonds. The van der Waals surface area contributed by atoms with Crippen LogP contribution in [-0.4, -0.2) is 16.1 Å². The maximum Gasteiger partial charge on any atom is 0.418 e. The minimum Gasteiger partial charge on any atom is -0.480 e. The van der Waals surface area contributed by atoms with Crippen molar-refractivity contribution in [2.24, 2.45) is 5.73 Å². The number of carboxylic acids is 1. The normalized spacial score (nSPS) is 14.0. The summed E-state index contributed by atoms with van der Waals surface area (Å²) >= 11 is 0. The largest absolute Gasteiger partial charge is 0.480 e. The van der Waals surface area contributed by atoms with Gasteiger partial charge in [0, 0.05) is 18.0 Å². The summed E-state index contributed by atoms with van der Waals surface area (Å²) in [5.41, 5.74) is 3.54. The Labute approximate surface area is 76.5 Å². The van der Waals surface area contributed by atoms with Crippen LogP contribution in [0.1, 0.15) is 17.2 Å². The lowest BCUT2D eigenvalue weighted by atomic mass is 10.1. The molecule has 0 saturated carbocycles. The second-order valence-corrected chi connectivity index (χ2v) is 2.64. The van der Waals surface area contributed by atoms with E-state index in [2.05, 4.69) is 4.98 Å². The smallest absolute Gasteiger partial charge is 0.418 e. The lowest BCUT2D eigenvalue weighted by Crippen LogP contribution is -2.23. The van der Waals surface area contributed by atoms with Crippen LogP contribution in [0.3, 0.4) is 0 Å². The molecule has 1 rings (SSSR count). The van der Waals surface area contributed by atoms with Crippen LogP contribution in [0, 0.1) is 0 Å². The van der Waals surface area contributed by atoms with Crippen molar-refractivity contribution in [3.05, 3.63) is 23.5 Å². The Morgan fingerprint density at radius 2 is 2.07 bits per heavy atom. The van der Waals surface area contributed by atoms with E-state index in [1.807, 2.05) is 0 Å². The van der Waals surface area contributed by atoms with E-state index in [0.717, 1.165) is 6.20 Å². The first-order valence-electron chi connectivity index (χ1n) is 3.56. The van der Waals surface area contributed by atoms with Crippen molar-refractivity contribution < 1.29 is 23.1 Å². The second kappa shape index (κ2) is 3.33. The van der Waals surface area contributed by atoms with Gasteiger partial charge >= 0.3 is 12.1 Å². The lowest BCUT2D eigenvalue weighted by molar-refractivity contribution is -0.141. The number of halogens is 3. The summed E-state index contributed by atoms with van der Waals surface area (Å²) in [6.07, 6.45) is -2.98. The first-order chi connectivity index (χ1) is 6.34. The Morgan fingerprint density at radius 1 is 1.50 bits per heavy atom. The summed E-state index contributed by atoms with van der Waals surface area (Å²) in [6, 6.07) is -1.67. The molecule has 0 aliphatic carbocycles. The first kappa shape index (κ1) is 10.6. The average Bonchev–Trinajstić information content (AvgIpc) is 2.48. The van der Waals surface area contributed by atoms with Gasteiger partial charge in [0.2, 0.25) is 0 Å². The Morgan fingerprint density at radius 3 is 2.50 bits per heavy atom. The molecule has 0 aromatic carbocycles.